The van der Waals surface area contributed by atoms with Gasteiger partial charge in [0.15, 0.2) is 18.5 Å². The van der Waals surface area contributed by atoms with Crippen LogP contribution in [0.4, 0.5) is 0 Å². The van der Waals surface area contributed by atoms with Gasteiger partial charge in [-0.1, -0.05) is 0 Å². The first-order chi connectivity index (χ1) is 10.8. The summed E-state index contributed by atoms with van der Waals surface area (Å²) in [4.78, 5) is 33.7. The van der Waals surface area contributed by atoms with E-state index in [2.05, 4.69) is 0 Å². The number of carbonyl (C=O) groups excluding carboxylic acids is 3. The van der Waals surface area contributed by atoms with Crippen LogP contribution in [0.25, 0.3) is 0 Å². The van der Waals surface area contributed by atoms with Crippen LogP contribution in [0.1, 0.15) is 20.8 Å². The summed E-state index contributed by atoms with van der Waals surface area (Å²) in [7, 11) is 2.74. The number of esters is 3. The fourth-order valence-electron chi connectivity index (χ4n) is 2.32. The van der Waals surface area contributed by atoms with Crippen molar-refractivity contribution in [1.82, 2.24) is 0 Å². The summed E-state index contributed by atoms with van der Waals surface area (Å²) in [6, 6.07) is 0. The van der Waals surface area contributed by atoms with Crippen LogP contribution in [0, 0.1) is 0 Å². The number of ether oxygens (including phenoxy) is 6. The molecule has 1 aliphatic rings. The summed E-state index contributed by atoms with van der Waals surface area (Å²) < 4.78 is 31.4. The molecule has 5 atom stereocenters. The van der Waals surface area contributed by atoms with Gasteiger partial charge in [0.2, 0.25) is 0 Å². The molecule has 1 rings (SSSR count). The van der Waals surface area contributed by atoms with E-state index in [1.807, 2.05) is 0 Å². The van der Waals surface area contributed by atoms with Gasteiger partial charge in [-0.2, -0.15) is 0 Å². The van der Waals surface area contributed by atoms with Gasteiger partial charge in [0, 0.05) is 35.0 Å². The van der Waals surface area contributed by atoms with Gasteiger partial charge < -0.3 is 28.4 Å². The van der Waals surface area contributed by atoms with E-state index in [9.17, 15) is 14.4 Å². The van der Waals surface area contributed by atoms with Crippen LogP contribution < -0.4 is 0 Å². The van der Waals surface area contributed by atoms with Crippen LogP contribution in [-0.2, 0) is 42.8 Å². The molecule has 0 unspecified atom stereocenters. The zero-order chi connectivity index (χ0) is 17.6. The molecule has 0 N–H and O–H groups in total. The fourth-order valence-corrected chi connectivity index (χ4v) is 2.32. The smallest absolute Gasteiger partial charge is 0.303 e. The Morgan fingerprint density at radius 2 is 1.39 bits per heavy atom. The maximum atomic E-state index is 11.4. The van der Waals surface area contributed by atoms with Crippen molar-refractivity contribution in [2.24, 2.45) is 0 Å². The molecule has 0 aliphatic carbocycles. The van der Waals surface area contributed by atoms with E-state index >= 15 is 0 Å². The molecule has 0 bridgehead atoms. The van der Waals surface area contributed by atoms with Gasteiger partial charge in [-0.05, 0) is 0 Å². The zero-order valence-corrected chi connectivity index (χ0v) is 13.8. The molecule has 1 aliphatic heterocycles. The third-order valence-electron chi connectivity index (χ3n) is 3.15. The van der Waals surface area contributed by atoms with E-state index in [0.717, 1.165) is 0 Å². The predicted octanol–water partition coefficient (Wildman–Crippen LogP) is -0.201. The molecule has 1 heterocycles. The van der Waals surface area contributed by atoms with Crippen LogP contribution in [0.2, 0.25) is 0 Å². The maximum Gasteiger partial charge on any atom is 0.303 e. The Bertz CT molecular complexity index is 436. The lowest BCUT2D eigenvalue weighted by Gasteiger charge is -2.43. The Kier molecular flexibility index (Phi) is 7.40. The SMILES string of the molecule is CO[C@H]1O[C@H](COC(C)=O)[C@@H](OC(C)=O)[C@H](OC)[C@@H]1OC(C)=O. The Balaban J connectivity index is 3.04. The van der Waals surface area contributed by atoms with Crippen LogP contribution in [0.15, 0.2) is 0 Å². The Morgan fingerprint density at radius 3 is 1.83 bits per heavy atom. The van der Waals surface area contributed by atoms with E-state index in [4.69, 9.17) is 28.4 Å². The second kappa shape index (κ2) is 8.80. The largest absolute Gasteiger partial charge is 0.463 e. The minimum atomic E-state index is -0.962. The minimum absolute atomic E-state index is 0.167. The average molecular weight is 334 g/mol. The highest BCUT2D eigenvalue weighted by atomic mass is 16.7. The lowest BCUT2D eigenvalue weighted by atomic mass is 9.98. The molecule has 0 aromatic heterocycles. The molecule has 9 heteroatoms. The van der Waals surface area contributed by atoms with E-state index < -0.39 is 48.6 Å². The first kappa shape index (κ1) is 19.3. The summed E-state index contributed by atoms with van der Waals surface area (Å²) in [6.07, 6.45) is -4.52. The van der Waals surface area contributed by atoms with Crippen molar-refractivity contribution >= 4 is 17.9 Å². The fraction of sp³-hybridized carbons (Fsp3) is 0.786. The summed E-state index contributed by atoms with van der Waals surface area (Å²) in [5.74, 6) is -1.66. The Labute approximate surface area is 134 Å². The topological polar surface area (TPSA) is 107 Å². The first-order valence-corrected chi connectivity index (χ1v) is 6.99. The van der Waals surface area contributed by atoms with Crippen LogP contribution in [0.3, 0.4) is 0 Å². The van der Waals surface area contributed by atoms with E-state index in [-0.39, 0.29) is 6.61 Å². The second-order valence-corrected chi connectivity index (χ2v) is 4.93. The number of hydrogen-bond acceptors (Lipinski definition) is 9. The highest BCUT2D eigenvalue weighted by Gasteiger charge is 2.50. The van der Waals surface area contributed by atoms with Gasteiger partial charge in [0.1, 0.15) is 18.8 Å². The lowest BCUT2D eigenvalue weighted by molar-refractivity contribution is -0.303. The molecule has 0 amide bonds. The normalized spacial score (nSPS) is 30.4. The van der Waals surface area contributed by atoms with Crippen molar-refractivity contribution in [2.45, 2.75) is 51.5 Å². The van der Waals surface area contributed by atoms with Crippen LogP contribution in [-0.4, -0.2) is 69.4 Å². The standard InChI is InChI=1S/C14H22O9/c1-7(15)20-6-10-11(21-8(2)16)12(18-4)13(22-9(3)17)14(19-5)23-10/h10-14H,6H2,1-5H3/t10-,11-,12+,13+,14+/m1/s1. The highest BCUT2D eigenvalue weighted by Crippen LogP contribution is 2.28. The highest BCUT2D eigenvalue weighted by molar-refractivity contribution is 5.67. The minimum Gasteiger partial charge on any atom is -0.463 e. The summed E-state index contributed by atoms with van der Waals surface area (Å²) in [5, 5.41) is 0. The van der Waals surface area contributed by atoms with E-state index in [1.54, 1.807) is 0 Å². The summed E-state index contributed by atoms with van der Waals surface area (Å²) in [5.41, 5.74) is 0. The van der Waals surface area contributed by atoms with Crippen LogP contribution in [0.5, 0.6) is 0 Å². The summed E-state index contributed by atoms with van der Waals surface area (Å²) >= 11 is 0. The van der Waals surface area contributed by atoms with Crippen molar-refractivity contribution in [1.29, 1.82) is 0 Å². The average Bonchev–Trinajstić information content (AvgIpc) is 2.45. The zero-order valence-electron chi connectivity index (χ0n) is 13.8. The first-order valence-electron chi connectivity index (χ1n) is 6.99. The molecule has 1 fully saturated rings. The van der Waals surface area contributed by atoms with Gasteiger partial charge in [-0.15, -0.1) is 0 Å². The number of methoxy groups -OCH3 is 2. The van der Waals surface area contributed by atoms with Crippen molar-refractivity contribution in [3.05, 3.63) is 0 Å². The lowest BCUT2D eigenvalue weighted by Crippen LogP contribution is -2.62. The molecule has 9 nitrogen and oxygen atoms in total. The molecule has 0 aromatic rings. The maximum absolute atomic E-state index is 11.4. The number of hydrogen-bond donors (Lipinski definition) is 0. The van der Waals surface area contributed by atoms with Gasteiger partial charge >= 0.3 is 17.9 Å². The molecular weight excluding hydrogens is 312 g/mol. The Morgan fingerprint density at radius 1 is 0.826 bits per heavy atom. The van der Waals surface area contributed by atoms with E-state index in [0.29, 0.717) is 0 Å². The van der Waals surface area contributed by atoms with Crippen molar-refractivity contribution in [3.63, 3.8) is 0 Å². The van der Waals surface area contributed by atoms with E-state index in [1.165, 1.54) is 35.0 Å². The molecule has 0 aromatic carbocycles. The third-order valence-corrected chi connectivity index (χ3v) is 3.15. The molecule has 0 spiro atoms. The Hall–Kier alpha value is -1.71. The monoisotopic (exact) mass is 334 g/mol. The van der Waals surface area contributed by atoms with Crippen molar-refractivity contribution in [2.75, 3.05) is 20.8 Å². The summed E-state index contributed by atoms with van der Waals surface area (Å²) in [6.45, 7) is 3.52. The molecule has 0 saturated carbocycles. The van der Waals surface area contributed by atoms with Gasteiger partial charge in [0.25, 0.3) is 0 Å². The predicted molar refractivity (Wildman–Crippen MR) is 74.2 cm³/mol. The molecule has 0 radical (unpaired) electrons. The van der Waals surface area contributed by atoms with Crippen LogP contribution >= 0.6 is 0 Å². The van der Waals surface area contributed by atoms with Gasteiger partial charge in [-0.3, -0.25) is 14.4 Å². The van der Waals surface area contributed by atoms with Crippen molar-refractivity contribution in [3.8, 4) is 0 Å². The number of carbonyl (C=O) groups is 3. The molecule has 1 saturated heterocycles. The third kappa shape index (κ3) is 5.45. The van der Waals surface area contributed by atoms with Gasteiger partial charge in [0.05, 0.1) is 0 Å². The quantitative estimate of drug-likeness (QED) is 0.482. The number of rotatable bonds is 6. The second-order valence-electron chi connectivity index (χ2n) is 4.93. The molecular formula is C14H22O9. The molecule has 132 valence electrons. The van der Waals surface area contributed by atoms with Gasteiger partial charge in [-0.25, -0.2) is 0 Å². The van der Waals surface area contributed by atoms with Crippen molar-refractivity contribution < 1.29 is 42.8 Å². The molecule has 23 heavy (non-hydrogen) atoms.